The van der Waals surface area contributed by atoms with Crippen molar-refractivity contribution in [3.05, 3.63) is 29.8 Å². The Balaban J connectivity index is 2.78. The topological polar surface area (TPSA) is 72.2 Å². The second-order valence-corrected chi connectivity index (χ2v) is 7.78. The van der Waals surface area contributed by atoms with Crippen molar-refractivity contribution >= 4 is 22.4 Å². The van der Waals surface area contributed by atoms with Crippen molar-refractivity contribution < 1.29 is 9.00 Å². The van der Waals surface area contributed by atoms with Crippen molar-refractivity contribution in [2.24, 2.45) is 5.73 Å². The second kappa shape index (κ2) is 6.30. The number of anilines is 1. The third-order valence-corrected chi connectivity index (χ3v) is 4.55. The lowest BCUT2D eigenvalue weighted by molar-refractivity contribution is -0.117. The van der Waals surface area contributed by atoms with Crippen LogP contribution in [0.25, 0.3) is 0 Å². The van der Waals surface area contributed by atoms with Crippen molar-refractivity contribution in [2.45, 2.75) is 44.2 Å². The SMILES string of the molecule is C[C@H](N)C(=O)Nc1cccc(CS(=O)C(C)(C)C)c1. The van der Waals surface area contributed by atoms with Crippen LogP contribution in [0.5, 0.6) is 0 Å². The molecule has 19 heavy (non-hydrogen) atoms. The van der Waals surface area contributed by atoms with Crippen molar-refractivity contribution in [1.29, 1.82) is 0 Å². The number of benzene rings is 1. The van der Waals surface area contributed by atoms with Gasteiger partial charge in [0, 0.05) is 27.0 Å². The molecule has 5 heteroatoms. The zero-order valence-electron chi connectivity index (χ0n) is 11.9. The van der Waals surface area contributed by atoms with E-state index in [9.17, 15) is 9.00 Å². The van der Waals surface area contributed by atoms with Gasteiger partial charge < -0.3 is 11.1 Å². The van der Waals surface area contributed by atoms with Gasteiger partial charge in [-0.15, -0.1) is 0 Å². The molecule has 4 nitrogen and oxygen atoms in total. The van der Waals surface area contributed by atoms with E-state index >= 15 is 0 Å². The number of rotatable bonds is 4. The van der Waals surface area contributed by atoms with Crippen molar-refractivity contribution in [3.63, 3.8) is 0 Å². The van der Waals surface area contributed by atoms with Crippen LogP contribution in [-0.4, -0.2) is 20.9 Å². The summed E-state index contributed by atoms with van der Waals surface area (Å²) >= 11 is 0. The molecule has 1 amide bonds. The van der Waals surface area contributed by atoms with Crippen LogP contribution in [0.1, 0.15) is 33.3 Å². The Morgan fingerprint density at radius 2 is 2.05 bits per heavy atom. The second-order valence-electron chi connectivity index (χ2n) is 5.58. The van der Waals surface area contributed by atoms with E-state index in [1.807, 2.05) is 39.0 Å². The first-order valence-electron chi connectivity index (χ1n) is 6.24. The van der Waals surface area contributed by atoms with E-state index in [2.05, 4.69) is 5.32 Å². The molecule has 0 saturated carbocycles. The number of hydrogen-bond acceptors (Lipinski definition) is 3. The van der Waals surface area contributed by atoms with Crippen molar-refractivity contribution in [3.8, 4) is 0 Å². The largest absolute Gasteiger partial charge is 0.325 e. The molecule has 1 aromatic rings. The Labute approximate surface area is 117 Å². The molecule has 0 spiro atoms. The number of carbonyl (C=O) groups is 1. The standard InChI is InChI=1S/C14H22N2O2S/c1-10(15)13(17)16-12-7-5-6-11(8-12)9-19(18)14(2,3)4/h5-8,10H,9,15H2,1-4H3,(H,16,17)/t10-,19?/m0/s1. The molecule has 1 unspecified atom stereocenters. The maximum Gasteiger partial charge on any atom is 0.240 e. The average Bonchev–Trinajstić information content (AvgIpc) is 2.27. The van der Waals surface area contributed by atoms with E-state index in [0.29, 0.717) is 11.4 Å². The van der Waals surface area contributed by atoms with E-state index in [-0.39, 0.29) is 10.7 Å². The minimum atomic E-state index is -0.955. The Hall–Kier alpha value is -1.20. The summed E-state index contributed by atoms with van der Waals surface area (Å²) in [5.74, 6) is 0.250. The minimum absolute atomic E-state index is 0.228. The van der Waals surface area contributed by atoms with Gasteiger partial charge in [-0.25, -0.2) is 0 Å². The fourth-order valence-electron chi connectivity index (χ4n) is 1.36. The highest BCUT2D eigenvalue weighted by molar-refractivity contribution is 7.85. The molecule has 0 aliphatic heterocycles. The predicted octanol–water partition coefficient (Wildman–Crippen LogP) is 2.02. The van der Waals surface area contributed by atoms with Gasteiger partial charge in [0.25, 0.3) is 0 Å². The predicted molar refractivity (Wildman–Crippen MR) is 80.3 cm³/mol. The minimum Gasteiger partial charge on any atom is -0.325 e. The Morgan fingerprint density at radius 1 is 1.42 bits per heavy atom. The highest BCUT2D eigenvalue weighted by Gasteiger charge is 2.19. The summed E-state index contributed by atoms with van der Waals surface area (Å²) < 4.78 is 11.8. The van der Waals surface area contributed by atoms with Gasteiger partial charge in [0.05, 0.1) is 6.04 Å². The molecule has 3 N–H and O–H groups in total. The van der Waals surface area contributed by atoms with Crippen LogP contribution >= 0.6 is 0 Å². The van der Waals surface area contributed by atoms with Gasteiger partial charge in [0.2, 0.25) is 5.91 Å². The summed E-state index contributed by atoms with van der Waals surface area (Å²) in [5.41, 5.74) is 7.13. The summed E-state index contributed by atoms with van der Waals surface area (Å²) in [5, 5.41) is 2.73. The van der Waals surface area contributed by atoms with Gasteiger partial charge in [0.15, 0.2) is 0 Å². The third-order valence-electron chi connectivity index (χ3n) is 2.59. The van der Waals surface area contributed by atoms with Gasteiger partial charge in [-0.3, -0.25) is 9.00 Å². The molecule has 0 radical (unpaired) electrons. The molecule has 0 fully saturated rings. The molecule has 2 atom stereocenters. The quantitative estimate of drug-likeness (QED) is 0.887. The first-order chi connectivity index (χ1) is 8.70. The molecule has 0 heterocycles. The summed E-state index contributed by atoms with van der Waals surface area (Å²) in [7, 11) is -0.955. The average molecular weight is 282 g/mol. The fourth-order valence-corrected chi connectivity index (χ4v) is 2.28. The lowest BCUT2D eigenvalue weighted by atomic mass is 10.2. The molecule has 0 bridgehead atoms. The van der Waals surface area contributed by atoms with E-state index in [4.69, 9.17) is 5.73 Å². The van der Waals surface area contributed by atoms with Crippen molar-refractivity contribution in [1.82, 2.24) is 0 Å². The molecule has 0 aliphatic rings. The van der Waals surface area contributed by atoms with Crippen LogP contribution in [0.15, 0.2) is 24.3 Å². The van der Waals surface area contributed by atoms with Gasteiger partial charge >= 0.3 is 0 Å². The number of amides is 1. The molecule has 0 saturated heterocycles. The van der Waals surface area contributed by atoms with Crippen LogP contribution < -0.4 is 11.1 Å². The van der Waals surface area contributed by atoms with Gasteiger partial charge in [-0.05, 0) is 45.4 Å². The number of nitrogens with one attached hydrogen (secondary N) is 1. The van der Waals surface area contributed by atoms with E-state index in [0.717, 1.165) is 5.56 Å². The summed E-state index contributed by atoms with van der Waals surface area (Å²) in [6, 6.07) is 6.83. The lowest BCUT2D eigenvalue weighted by Gasteiger charge is -2.18. The number of hydrogen-bond donors (Lipinski definition) is 2. The molecule has 1 aromatic carbocycles. The van der Waals surface area contributed by atoms with Crippen molar-refractivity contribution in [2.75, 3.05) is 5.32 Å². The molecular weight excluding hydrogens is 260 g/mol. The van der Waals surface area contributed by atoms with Crippen LogP contribution in [0, 0.1) is 0 Å². The van der Waals surface area contributed by atoms with Gasteiger partial charge in [0.1, 0.15) is 0 Å². The maximum absolute atomic E-state index is 12.1. The zero-order valence-corrected chi connectivity index (χ0v) is 12.7. The Bertz CT molecular complexity index is 479. The monoisotopic (exact) mass is 282 g/mol. The molecule has 106 valence electrons. The smallest absolute Gasteiger partial charge is 0.240 e. The summed E-state index contributed by atoms with van der Waals surface area (Å²) in [6.07, 6.45) is 0. The van der Waals surface area contributed by atoms with Gasteiger partial charge in [-0.1, -0.05) is 12.1 Å². The van der Waals surface area contributed by atoms with Crippen LogP contribution in [-0.2, 0) is 21.3 Å². The first-order valence-corrected chi connectivity index (χ1v) is 7.56. The summed E-state index contributed by atoms with van der Waals surface area (Å²) in [6.45, 7) is 7.48. The van der Waals surface area contributed by atoms with E-state index in [1.54, 1.807) is 13.0 Å². The van der Waals surface area contributed by atoms with Gasteiger partial charge in [-0.2, -0.15) is 0 Å². The van der Waals surface area contributed by atoms with Crippen LogP contribution in [0.3, 0.4) is 0 Å². The van der Waals surface area contributed by atoms with E-state index < -0.39 is 16.8 Å². The van der Waals surface area contributed by atoms with Crippen LogP contribution in [0.2, 0.25) is 0 Å². The Morgan fingerprint density at radius 3 is 2.58 bits per heavy atom. The summed E-state index contributed by atoms with van der Waals surface area (Å²) in [4.78, 5) is 11.5. The number of carbonyl (C=O) groups excluding carboxylic acids is 1. The normalized spacial score (nSPS) is 14.8. The zero-order chi connectivity index (χ0) is 14.6. The molecule has 0 aromatic heterocycles. The molecular formula is C14H22N2O2S. The molecule has 0 aliphatic carbocycles. The number of nitrogens with two attached hydrogens (primary N) is 1. The lowest BCUT2D eigenvalue weighted by Crippen LogP contribution is -2.32. The maximum atomic E-state index is 12.1. The Kier molecular flexibility index (Phi) is 5.26. The first kappa shape index (κ1) is 15.9. The van der Waals surface area contributed by atoms with Crippen LogP contribution in [0.4, 0.5) is 5.69 Å². The van der Waals surface area contributed by atoms with E-state index in [1.165, 1.54) is 0 Å². The fraction of sp³-hybridized carbons (Fsp3) is 0.500. The highest BCUT2D eigenvalue weighted by atomic mass is 32.2. The molecule has 1 rings (SSSR count). The highest BCUT2D eigenvalue weighted by Crippen LogP contribution is 2.18. The third kappa shape index (κ3) is 5.12.